The fourth-order valence-corrected chi connectivity index (χ4v) is 6.07. The van der Waals surface area contributed by atoms with Crippen LogP contribution in [0.1, 0.15) is 52.4 Å². The molecule has 0 aromatic rings. The Morgan fingerprint density at radius 2 is 1.00 bits per heavy atom. The SMILES string of the molecule is CO[Si](C)(CCCCC(C)C(=O)C(C)CCCC[Si](C)(OC)OC)OC. The summed E-state index contributed by atoms with van der Waals surface area (Å²) in [5.74, 6) is 0.684. The summed E-state index contributed by atoms with van der Waals surface area (Å²) in [7, 11) is 2.99. The van der Waals surface area contributed by atoms with Gasteiger partial charge in [0.15, 0.2) is 0 Å². The second-order valence-electron chi connectivity index (χ2n) is 7.78. The number of hydrogen-bond donors (Lipinski definition) is 0. The van der Waals surface area contributed by atoms with Crippen molar-refractivity contribution in [1.29, 1.82) is 0 Å². The molecule has 0 radical (unpaired) electrons. The lowest BCUT2D eigenvalue weighted by molar-refractivity contribution is -0.126. The van der Waals surface area contributed by atoms with Gasteiger partial charge in [-0.2, -0.15) is 0 Å². The van der Waals surface area contributed by atoms with Crippen molar-refractivity contribution >= 4 is 22.9 Å². The molecular formula is C19H42O5Si2. The molecule has 0 saturated heterocycles. The van der Waals surface area contributed by atoms with E-state index in [4.69, 9.17) is 17.7 Å². The van der Waals surface area contributed by atoms with Crippen LogP contribution in [0.3, 0.4) is 0 Å². The van der Waals surface area contributed by atoms with Crippen LogP contribution in [0.5, 0.6) is 0 Å². The highest BCUT2D eigenvalue weighted by molar-refractivity contribution is 6.66. The topological polar surface area (TPSA) is 54.0 Å². The van der Waals surface area contributed by atoms with Crippen molar-refractivity contribution in [3.8, 4) is 0 Å². The molecule has 0 saturated carbocycles. The summed E-state index contributed by atoms with van der Waals surface area (Å²) in [6.07, 6.45) is 6.15. The molecule has 0 aliphatic heterocycles. The Bertz CT molecular complexity index is 350. The Morgan fingerprint density at radius 1 is 0.692 bits per heavy atom. The summed E-state index contributed by atoms with van der Waals surface area (Å²) in [6, 6.07) is 1.97. The molecule has 2 unspecified atom stereocenters. The highest BCUT2D eigenvalue weighted by Gasteiger charge is 2.29. The molecule has 0 rings (SSSR count). The third-order valence-corrected chi connectivity index (χ3v) is 11.7. The first-order valence-corrected chi connectivity index (χ1v) is 15.0. The van der Waals surface area contributed by atoms with Gasteiger partial charge in [0.25, 0.3) is 0 Å². The Kier molecular flexibility index (Phi) is 13.1. The van der Waals surface area contributed by atoms with Crippen LogP contribution in [-0.4, -0.2) is 51.3 Å². The summed E-state index contributed by atoms with van der Waals surface area (Å²) in [5, 5.41) is 0. The molecule has 0 bridgehead atoms. The van der Waals surface area contributed by atoms with Gasteiger partial charge < -0.3 is 17.7 Å². The lowest BCUT2D eigenvalue weighted by atomic mass is 9.88. The molecule has 0 aliphatic carbocycles. The van der Waals surface area contributed by atoms with E-state index in [2.05, 4.69) is 26.9 Å². The lowest BCUT2D eigenvalue weighted by Gasteiger charge is -2.23. The van der Waals surface area contributed by atoms with Crippen molar-refractivity contribution in [2.24, 2.45) is 11.8 Å². The normalized spacial score (nSPS) is 15.1. The van der Waals surface area contributed by atoms with Crippen LogP contribution < -0.4 is 0 Å². The Balaban J connectivity index is 4.05. The summed E-state index contributed by atoms with van der Waals surface area (Å²) in [5.41, 5.74) is 0. The Labute approximate surface area is 163 Å². The molecule has 26 heavy (non-hydrogen) atoms. The van der Waals surface area contributed by atoms with Gasteiger partial charge in [0.1, 0.15) is 5.78 Å². The lowest BCUT2D eigenvalue weighted by Crippen LogP contribution is -2.35. The molecule has 2 atom stereocenters. The van der Waals surface area contributed by atoms with Crippen molar-refractivity contribution in [1.82, 2.24) is 0 Å². The van der Waals surface area contributed by atoms with Gasteiger partial charge in [-0.05, 0) is 38.0 Å². The second kappa shape index (κ2) is 13.2. The zero-order valence-corrected chi connectivity index (χ0v) is 20.4. The molecule has 7 heteroatoms. The molecule has 0 aromatic carbocycles. The van der Waals surface area contributed by atoms with Crippen molar-refractivity contribution in [2.45, 2.75) is 77.6 Å². The number of carbonyl (C=O) groups is 1. The number of hydrogen-bond acceptors (Lipinski definition) is 5. The minimum atomic E-state index is -1.96. The van der Waals surface area contributed by atoms with Gasteiger partial charge in [-0.25, -0.2) is 0 Å². The van der Waals surface area contributed by atoms with Gasteiger partial charge in [-0.1, -0.05) is 39.5 Å². The van der Waals surface area contributed by atoms with Crippen LogP contribution in [0.2, 0.25) is 25.2 Å². The maximum atomic E-state index is 12.6. The van der Waals surface area contributed by atoms with E-state index < -0.39 is 17.1 Å². The van der Waals surface area contributed by atoms with Gasteiger partial charge in [-0.15, -0.1) is 0 Å². The smallest absolute Gasteiger partial charge is 0.334 e. The monoisotopic (exact) mass is 406 g/mol. The van der Waals surface area contributed by atoms with Crippen molar-refractivity contribution in [3.63, 3.8) is 0 Å². The van der Waals surface area contributed by atoms with Crippen molar-refractivity contribution in [3.05, 3.63) is 0 Å². The van der Waals surface area contributed by atoms with Gasteiger partial charge in [0.2, 0.25) is 0 Å². The van der Waals surface area contributed by atoms with Gasteiger partial charge in [0.05, 0.1) is 0 Å². The molecule has 0 heterocycles. The molecule has 0 N–H and O–H groups in total. The molecule has 0 aromatic heterocycles. The predicted molar refractivity (Wildman–Crippen MR) is 112 cm³/mol. The molecule has 0 fully saturated rings. The van der Waals surface area contributed by atoms with Crippen LogP contribution >= 0.6 is 0 Å². The average molecular weight is 407 g/mol. The summed E-state index contributed by atoms with van der Waals surface area (Å²) < 4.78 is 22.0. The first kappa shape index (κ1) is 25.9. The van der Waals surface area contributed by atoms with Crippen LogP contribution in [0.4, 0.5) is 0 Å². The maximum Gasteiger partial charge on any atom is 0.334 e. The standard InChI is InChI=1S/C19H42O5Si2/c1-17(13-9-11-15-25(7,21-3)22-4)19(20)18(2)14-10-12-16-26(8,23-5)24-6/h17-18H,9-16H2,1-8H3. The molecule has 5 nitrogen and oxygen atoms in total. The maximum absolute atomic E-state index is 12.6. The molecular weight excluding hydrogens is 364 g/mol. The van der Waals surface area contributed by atoms with Gasteiger partial charge >= 0.3 is 17.1 Å². The first-order chi connectivity index (χ1) is 12.2. The molecule has 0 aliphatic rings. The van der Waals surface area contributed by atoms with Crippen molar-refractivity contribution in [2.75, 3.05) is 28.4 Å². The zero-order valence-electron chi connectivity index (χ0n) is 18.4. The third-order valence-electron chi connectivity index (χ3n) is 5.73. The van der Waals surface area contributed by atoms with Gasteiger partial charge in [-0.3, -0.25) is 4.79 Å². The van der Waals surface area contributed by atoms with E-state index in [1.54, 1.807) is 28.4 Å². The second-order valence-corrected chi connectivity index (χ2v) is 14.9. The highest BCUT2D eigenvalue weighted by atomic mass is 28.4. The molecule has 0 spiro atoms. The molecule has 0 amide bonds. The largest absolute Gasteiger partial charge is 0.398 e. The minimum absolute atomic E-state index is 0.139. The Morgan fingerprint density at radius 3 is 1.27 bits per heavy atom. The quantitative estimate of drug-likeness (QED) is 0.269. The number of unbranched alkanes of at least 4 members (excludes halogenated alkanes) is 2. The Hall–Kier alpha value is -0.0562. The zero-order chi connectivity index (χ0) is 20.2. The van der Waals surface area contributed by atoms with E-state index in [-0.39, 0.29) is 11.8 Å². The molecule has 156 valence electrons. The number of rotatable bonds is 16. The minimum Gasteiger partial charge on any atom is -0.398 e. The van der Waals surface area contributed by atoms with Crippen LogP contribution in [-0.2, 0) is 22.5 Å². The number of ketones is 1. The van der Waals surface area contributed by atoms with Crippen LogP contribution in [0.25, 0.3) is 0 Å². The summed E-state index contributed by atoms with van der Waals surface area (Å²) in [6.45, 7) is 8.32. The van der Waals surface area contributed by atoms with Crippen molar-refractivity contribution < 1.29 is 22.5 Å². The van der Waals surface area contributed by atoms with E-state index >= 15 is 0 Å². The predicted octanol–water partition coefficient (Wildman–Crippen LogP) is 4.90. The van der Waals surface area contributed by atoms with Crippen LogP contribution in [0.15, 0.2) is 0 Å². The van der Waals surface area contributed by atoms with E-state index in [0.29, 0.717) is 5.78 Å². The average Bonchev–Trinajstić information content (AvgIpc) is 2.67. The van der Waals surface area contributed by atoms with Gasteiger partial charge in [0, 0.05) is 40.3 Å². The fraction of sp³-hybridized carbons (Fsp3) is 0.947. The summed E-state index contributed by atoms with van der Waals surface area (Å²) >= 11 is 0. The van der Waals surface area contributed by atoms with Crippen LogP contribution in [0, 0.1) is 11.8 Å². The van der Waals surface area contributed by atoms with E-state index in [0.717, 1.165) is 50.6 Å². The number of Topliss-reactive ketones (excluding diaryl/α,β-unsaturated/α-hetero) is 1. The van der Waals surface area contributed by atoms with E-state index in [9.17, 15) is 4.79 Å². The summed E-state index contributed by atoms with van der Waals surface area (Å²) in [4.78, 5) is 12.6. The van der Waals surface area contributed by atoms with E-state index in [1.165, 1.54) is 0 Å². The fourth-order valence-electron chi connectivity index (χ4n) is 3.14. The third kappa shape index (κ3) is 9.76. The number of carbonyl (C=O) groups excluding carboxylic acids is 1. The highest BCUT2D eigenvalue weighted by Crippen LogP contribution is 2.23. The van der Waals surface area contributed by atoms with E-state index in [1.807, 2.05) is 0 Å². The first-order valence-electron chi connectivity index (χ1n) is 9.91.